The lowest BCUT2D eigenvalue weighted by molar-refractivity contribution is 0.0594. The maximum absolute atomic E-state index is 12.5. The van der Waals surface area contributed by atoms with E-state index in [2.05, 4.69) is 4.98 Å². The number of nitrogens with zero attached hydrogens (tertiary/aromatic N) is 2. The molecule has 3 aromatic heterocycles. The molecule has 0 aliphatic heterocycles. The van der Waals surface area contributed by atoms with Gasteiger partial charge in [0.05, 0.1) is 23.7 Å². The summed E-state index contributed by atoms with van der Waals surface area (Å²) in [6, 6.07) is 11.0. The molecule has 5 heteroatoms. The minimum atomic E-state index is -0.488. The van der Waals surface area contributed by atoms with Crippen LogP contribution in [0, 0.1) is 6.92 Å². The topological polar surface area (TPSA) is 60.7 Å². The Balaban J connectivity index is 2.34. The number of benzene rings is 1. The van der Waals surface area contributed by atoms with E-state index in [-0.39, 0.29) is 11.3 Å². The fraction of sp³-hybridized carbons (Fsp3) is 0.118. The summed E-state index contributed by atoms with van der Waals surface area (Å²) in [6.07, 6.45) is 0. The Bertz CT molecular complexity index is 1110. The van der Waals surface area contributed by atoms with Gasteiger partial charge in [0.25, 0.3) is 5.56 Å². The highest BCUT2D eigenvalue weighted by molar-refractivity contribution is 6.14. The van der Waals surface area contributed by atoms with Crippen LogP contribution in [0.15, 0.2) is 41.2 Å². The Morgan fingerprint density at radius 1 is 1.18 bits per heavy atom. The van der Waals surface area contributed by atoms with Crippen molar-refractivity contribution in [3.63, 3.8) is 0 Å². The number of methoxy groups -OCH3 is 1. The Hall–Kier alpha value is -2.95. The van der Waals surface area contributed by atoms with E-state index >= 15 is 0 Å². The monoisotopic (exact) mass is 292 g/mol. The second-order valence-electron chi connectivity index (χ2n) is 5.27. The third-order valence-corrected chi connectivity index (χ3v) is 3.97. The minimum Gasteiger partial charge on any atom is -0.464 e. The summed E-state index contributed by atoms with van der Waals surface area (Å²) in [5.41, 5.74) is 2.94. The maximum atomic E-state index is 12.5. The largest absolute Gasteiger partial charge is 0.464 e. The number of rotatable bonds is 1. The molecule has 22 heavy (non-hydrogen) atoms. The number of para-hydroxylation sites is 1. The van der Waals surface area contributed by atoms with Gasteiger partial charge in [0.15, 0.2) is 0 Å². The van der Waals surface area contributed by atoms with Gasteiger partial charge in [-0.15, -0.1) is 0 Å². The van der Waals surface area contributed by atoms with Gasteiger partial charge in [0.1, 0.15) is 5.69 Å². The quantitative estimate of drug-likeness (QED) is 0.506. The molecule has 1 aromatic carbocycles. The maximum Gasteiger partial charge on any atom is 0.356 e. The van der Waals surface area contributed by atoms with Gasteiger partial charge in [-0.2, -0.15) is 0 Å². The smallest absolute Gasteiger partial charge is 0.356 e. The van der Waals surface area contributed by atoms with E-state index in [1.165, 1.54) is 7.11 Å². The molecule has 0 amide bonds. The van der Waals surface area contributed by atoms with Gasteiger partial charge in [-0.05, 0) is 25.1 Å². The van der Waals surface area contributed by atoms with Crippen molar-refractivity contribution in [3.05, 3.63) is 58.0 Å². The lowest BCUT2D eigenvalue weighted by Gasteiger charge is -2.04. The van der Waals surface area contributed by atoms with Gasteiger partial charge in [-0.25, -0.2) is 9.78 Å². The zero-order chi connectivity index (χ0) is 15.4. The molecule has 4 aromatic rings. The number of hydrogen-bond acceptors (Lipinski definition) is 4. The van der Waals surface area contributed by atoms with Gasteiger partial charge in [0, 0.05) is 16.3 Å². The van der Waals surface area contributed by atoms with E-state index in [9.17, 15) is 9.59 Å². The number of aryl methyl sites for hydroxylation is 1. The molecule has 0 saturated carbocycles. The molecule has 0 aliphatic carbocycles. The Labute approximate surface area is 125 Å². The molecular formula is C17H12N2O3. The van der Waals surface area contributed by atoms with E-state index in [1.807, 2.05) is 24.3 Å². The average molecular weight is 292 g/mol. The standard InChI is InChI=1S/C17H12N2O3/c1-9-7-12-15-11(8-13(18-12)17(21)22-2)10-5-3-4-6-14(10)19(15)16(9)20/h3-8H,1-2H3. The van der Waals surface area contributed by atoms with E-state index in [1.54, 1.807) is 23.5 Å². The van der Waals surface area contributed by atoms with E-state index < -0.39 is 5.97 Å². The second kappa shape index (κ2) is 4.27. The molecule has 0 radical (unpaired) electrons. The van der Waals surface area contributed by atoms with Crippen LogP contribution in [0.1, 0.15) is 16.1 Å². The second-order valence-corrected chi connectivity index (χ2v) is 5.27. The van der Waals surface area contributed by atoms with Crippen molar-refractivity contribution in [2.24, 2.45) is 0 Å². The van der Waals surface area contributed by atoms with Crippen molar-refractivity contribution < 1.29 is 9.53 Å². The molecule has 0 atom stereocenters. The summed E-state index contributed by atoms with van der Waals surface area (Å²) < 4.78 is 6.44. The molecule has 0 spiro atoms. The van der Waals surface area contributed by atoms with Crippen LogP contribution in [0.5, 0.6) is 0 Å². The van der Waals surface area contributed by atoms with E-state index in [0.717, 1.165) is 21.8 Å². The third-order valence-electron chi connectivity index (χ3n) is 3.97. The first-order valence-electron chi connectivity index (χ1n) is 6.87. The van der Waals surface area contributed by atoms with Crippen molar-refractivity contribution >= 4 is 33.3 Å². The summed E-state index contributed by atoms with van der Waals surface area (Å²) in [6.45, 7) is 1.75. The SMILES string of the molecule is COC(=O)c1cc2c3ccccc3n3c(=O)c(C)cc(n1)c23. The molecule has 5 nitrogen and oxygen atoms in total. The summed E-state index contributed by atoms with van der Waals surface area (Å²) >= 11 is 0. The van der Waals surface area contributed by atoms with Crippen molar-refractivity contribution in [2.45, 2.75) is 6.92 Å². The lowest BCUT2D eigenvalue weighted by atomic mass is 10.1. The minimum absolute atomic E-state index is 0.0636. The Kier molecular flexibility index (Phi) is 2.48. The highest BCUT2D eigenvalue weighted by atomic mass is 16.5. The number of pyridine rings is 2. The Morgan fingerprint density at radius 3 is 2.73 bits per heavy atom. The van der Waals surface area contributed by atoms with Crippen LogP contribution in [0.2, 0.25) is 0 Å². The first-order valence-corrected chi connectivity index (χ1v) is 6.87. The summed E-state index contributed by atoms with van der Waals surface area (Å²) in [4.78, 5) is 28.7. The van der Waals surface area contributed by atoms with Gasteiger partial charge in [-0.3, -0.25) is 9.20 Å². The summed E-state index contributed by atoms with van der Waals surface area (Å²) in [5.74, 6) is -0.488. The summed E-state index contributed by atoms with van der Waals surface area (Å²) in [5, 5.41) is 1.75. The van der Waals surface area contributed by atoms with Gasteiger partial charge >= 0.3 is 5.97 Å². The summed E-state index contributed by atoms with van der Waals surface area (Å²) in [7, 11) is 1.33. The highest BCUT2D eigenvalue weighted by Crippen LogP contribution is 2.30. The zero-order valence-electron chi connectivity index (χ0n) is 12.1. The first-order chi connectivity index (χ1) is 10.6. The molecule has 0 unspecified atom stereocenters. The fourth-order valence-electron chi connectivity index (χ4n) is 2.98. The molecule has 0 fully saturated rings. The normalized spacial score (nSPS) is 11.5. The number of fused-ring (bicyclic) bond motifs is 3. The first kappa shape index (κ1) is 12.8. The van der Waals surface area contributed by atoms with Gasteiger partial charge < -0.3 is 4.74 Å². The molecule has 4 rings (SSSR count). The molecule has 0 aliphatic rings. The zero-order valence-corrected chi connectivity index (χ0v) is 12.1. The van der Waals surface area contributed by atoms with Crippen molar-refractivity contribution in [1.82, 2.24) is 9.38 Å². The fourth-order valence-corrected chi connectivity index (χ4v) is 2.98. The van der Waals surface area contributed by atoms with Crippen molar-refractivity contribution in [1.29, 1.82) is 0 Å². The third kappa shape index (κ3) is 1.50. The van der Waals surface area contributed by atoms with Crippen molar-refractivity contribution in [3.8, 4) is 0 Å². The predicted molar refractivity (Wildman–Crippen MR) is 83.7 cm³/mol. The molecule has 0 saturated heterocycles. The molecule has 0 bridgehead atoms. The van der Waals surface area contributed by atoms with Crippen LogP contribution in [-0.4, -0.2) is 22.5 Å². The van der Waals surface area contributed by atoms with Crippen LogP contribution in [0.4, 0.5) is 0 Å². The van der Waals surface area contributed by atoms with Crippen LogP contribution in [0.25, 0.3) is 27.3 Å². The van der Waals surface area contributed by atoms with Crippen molar-refractivity contribution in [2.75, 3.05) is 7.11 Å². The Morgan fingerprint density at radius 2 is 1.95 bits per heavy atom. The number of hydrogen-bond donors (Lipinski definition) is 0. The molecular weight excluding hydrogens is 280 g/mol. The van der Waals surface area contributed by atoms with E-state index in [0.29, 0.717) is 11.1 Å². The highest BCUT2D eigenvalue weighted by Gasteiger charge is 2.18. The number of ether oxygens (including phenoxy) is 1. The molecule has 0 N–H and O–H groups in total. The number of carbonyl (C=O) groups is 1. The molecule has 3 heterocycles. The predicted octanol–water partition coefficient (Wildman–Crippen LogP) is 2.53. The van der Waals surface area contributed by atoms with E-state index in [4.69, 9.17) is 4.74 Å². The van der Waals surface area contributed by atoms with Crippen LogP contribution >= 0.6 is 0 Å². The van der Waals surface area contributed by atoms with Crippen LogP contribution < -0.4 is 5.56 Å². The van der Waals surface area contributed by atoms with Crippen LogP contribution in [-0.2, 0) is 4.74 Å². The molecule has 108 valence electrons. The number of aromatic nitrogens is 2. The van der Waals surface area contributed by atoms with Crippen LogP contribution in [0.3, 0.4) is 0 Å². The number of carbonyl (C=O) groups excluding carboxylic acids is 1. The average Bonchev–Trinajstić information content (AvgIpc) is 2.87. The van der Waals surface area contributed by atoms with Gasteiger partial charge in [-0.1, -0.05) is 18.2 Å². The lowest BCUT2D eigenvalue weighted by Crippen LogP contribution is -2.15. The number of esters is 1. The van der Waals surface area contributed by atoms with Gasteiger partial charge in [0.2, 0.25) is 0 Å².